The zero-order chi connectivity index (χ0) is 18.0. The van der Waals surface area contributed by atoms with Crippen molar-refractivity contribution in [3.63, 3.8) is 0 Å². The zero-order valence-corrected chi connectivity index (χ0v) is 14.7. The van der Waals surface area contributed by atoms with Crippen molar-refractivity contribution in [1.82, 2.24) is 4.98 Å². The largest absolute Gasteiger partial charge is 0.358 e. The van der Waals surface area contributed by atoms with Crippen LogP contribution in [0.4, 0.5) is 5.69 Å². The van der Waals surface area contributed by atoms with E-state index in [-0.39, 0.29) is 5.57 Å². The van der Waals surface area contributed by atoms with Crippen molar-refractivity contribution in [2.45, 2.75) is 6.92 Å². The van der Waals surface area contributed by atoms with Crippen molar-refractivity contribution in [1.29, 1.82) is 5.26 Å². The number of anilines is 1. The number of nitrogens with one attached hydrogen (secondary N) is 2. The average Bonchev–Trinajstić information content (AvgIpc) is 2.91. The molecule has 124 valence electrons. The van der Waals surface area contributed by atoms with Crippen LogP contribution in [-0.2, 0) is 4.79 Å². The van der Waals surface area contributed by atoms with Gasteiger partial charge in [-0.25, -0.2) is 0 Å². The summed E-state index contributed by atoms with van der Waals surface area (Å²) in [4.78, 5) is 15.7. The molecule has 0 atom stereocenters. The van der Waals surface area contributed by atoms with Gasteiger partial charge in [0.2, 0.25) is 0 Å². The molecule has 25 heavy (non-hydrogen) atoms. The molecular weight excluding hydrogens is 357 g/mol. The van der Waals surface area contributed by atoms with Gasteiger partial charge in [0.05, 0.1) is 10.7 Å². The molecule has 0 aliphatic carbocycles. The van der Waals surface area contributed by atoms with Gasteiger partial charge in [-0.05, 0) is 37.3 Å². The van der Waals surface area contributed by atoms with E-state index in [2.05, 4.69) is 10.3 Å². The number of nitriles is 1. The fraction of sp³-hybridized carbons (Fsp3) is 0.0526. The summed E-state index contributed by atoms with van der Waals surface area (Å²) in [6.07, 6.45) is 1.57. The Labute approximate surface area is 154 Å². The lowest BCUT2D eigenvalue weighted by Gasteiger charge is -2.07. The normalized spacial score (nSPS) is 11.4. The quantitative estimate of drug-likeness (QED) is 0.483. The lowest BCUT2D eigenvalue weighted by Crippen LogP contribution is -2.13. The van der Waals surface area contributed by atoms with Crippen molar-refractivity contribution >= 4 is 51.8 Å². The average molecular weight is 370 g/mol. The Morgan fingerprint density at radius 1 is 1.24 bits per heavy atom. The van der Waals surface area contributed by atoms with Crippen LogP contribution in [0.25, 0.3) is 17.0 Å². The number of aryl methyl sites for hydroxylation is 1. The molecule has 6 heteroatoms. The summed E-state index contributed by atoms with van der Waals surface area (Å²) in [5.74, 6) is -0.545. The summed E-state index contributed by atoms with van der Waals surface area (Å²) >= 11 is 12.0. The van der Waals surface area contributed by atoms with Crippen molar-refractivity contribution < 1.29 is 4.79 Å². The van der Waals surface area contributed by atoms with E-state index in [0.29, 0.717) is 15.7 Å². The van der Waals surface area contributed by atoms with E-state index in [1.165, 1.54) is 6.07 Å². The van der Waals surface area contributed by atoms with Crippen molar-refractivity contribution in [3.05, 3.63) is 69.3 Å². The zero-order valence-electron chi connectivity index (χ0n) is 13.2. The highest BCUT2D eigenvalue weighted by Gasteiger charge is 2.14. The molecule has 0 bridgehead atoms. The Morgan fingerprint density at radius 2 is 2.00 bits per heavy atom. The number of nitrogens with zero attached hydrogens (tertiary/aromatic N) is 1. The first-order valence-corrected chi connectivity index (χ1v) is 8.20. The number of rotatable bonds is 3. The third kappa shape index (κ3) is 3.53. The number of hydrogen-bond acceptors (Lipinski definition) is 2. The molecule has 3 aromatic rings. The van der Waals surface area contributed by atoms with Gasteiger partial charge in [-0.3, -0.25) is 4.79 Å². The second-order valence-electron chi connectivity index (χ2n) is 5.46. The van der Waals surface area contributed by atoms with Gasteiger partial charge in [-0.1, -0.05) is 41.4 Å². The van der Waals surface area contributed by atoms with Crippen LogP contribution >= 0.6 is 23.2 Å². The molecular formula is C19H13Cl2N3O. The minimum absolute atomic E-state index is 0.0242. The van der Waals surface area contributed by atoms with Crippen LogP contribution in [0, 0.1) is 18.3 Å². The van der Waals surface area contributed by atoms with Crippen LogP contribution < -0.4 is 5.32 Å². The Hall–Kier alpha value is -2.74. The van der Waals surface area contributed by atoms with E-state index in [0.717, 1.165) is 22.2 Å². The second-order valence-corrected chi connectivity index (χ2v) is 6.30. The van der Waals surface area contributed by atoms with Crippen LogP contribution in [0.3, 0.4) is 0 Å². The molecule has 0 unspecified atom stereocenters. The van der Waals surface area contributed by atoms with Crippen molar-refractivity contribution in [2.75, 3.05) is 5.32 Å². The second kappa shape index (κ2) is 7.02. The number of aromatic amines is 1. The van der Waals surface area contributed by atoms with E-state index in [4.69, 9.17) is 23.2 Å². The Kier molecular flexibility index (Phi) is 4.80. The first-order chi connectivity index (χ1) is 12.0. The van der Waals surface area contributed by atoms with Gasteiger partial charge in [0.1, 0.15) is 11.6 Å². The number of amides is 1. The van der Waals surface area contributed by atoms with Gasteiger partial charge in [0.25, 0.3) is 5.91 Å². The molecule has 0 saturated heterocycles. The number of H-pyrrole nitrogens is 1. The summed E-state index contributed by atoms with van der Waals surface area (Å²) in [5.41, 5.74) is 2.96. The maximum atomic E-state index is 12.5. The minimum Gasteiger partial charge on any atom is -0.358 e. The number of fused-ring (bicyclic) bond motifs is 1. The van der Waals surface area contributed by atoms with Crippen LogP contribution in [0.15, 0.2) is 48.0 Å². The Bertz CT molecular complexity index is 1040. The molecule has 0 radical (unpaired) electrons. The number of carbonyl (C=O) groups excluding carboxylic acids is 1. The first-order valence-electron chi connectivity index (χ1n) is 7.45. The molecule has 1 aromatic heterocycles. The molecule has 1 amide bonds. The first kappa shape index (κ1) is 17.1. The molecule has 2 aromatic carbocycles. The summed E-state index contributed by atoms with van der Waals surface area (Å²) in [6, 6.07) is 14.4. The highest BCUT2D eigenvalue weighted by atomic mass is 35.5. The number of benzene rings is 2. The molecule has 4 nitrogen and oxygen atoms in total. The lowest BCUT2D eigenvalue weighted by molar-refractivity contribution is -0.112. The lowest BCUT2D eigenvalue weighted by atomic mass is 10.1. The number of aromatic nitrogens is 1. The van der Waals surface area contributed by atoms with E-state index >= 15 is 0 Å². The van der Waals surface area contributed by atoms with E-state index in [9.17, 15) is 10.1 Å². The van der Waals surface area contributed by atoms with Crippen LogP contribution in [0.5, 0.6) is 0 Å². The molecule has 0 spiro atoms. The maximum Gasteiger partial charge on any atom is 0.266 e. The predicted molar refractivity (Wildman–Crippen MR) is 102 cm³/mol. The number of hydrogen-bond donors (Lipinski definition) is 2. The minimum atomic E-state index is -0.545. The predicted octanol–water partition coefficient (Wildman–Crippen LogP) is 5.33. The van der Waals surface area contributed by atoms with E-state index in [1.807, 2.05) is 37.3 Å². The third-order valence-electron chi connectivity index (χ3n) is 3.77. The number of carbonyl (C=O) groups is 1. The topological polar surface area (TPSA) is 68.7 Å². The molecule has 0 fully saturated rings. The molecule has 3 rings (SSSR count). The molecule has 2 N–H and O–H groups in total. The maximum absolute atomic E-state index is 12.5. The van der Waals surface area contributed by atoms with Crippen LogP contribution in [0.1, 0.15) is 11.3 Å². The summed E-state index contributed by atoms with van der Waals surface area (Å²) < 4.78 is 0. The number of para-hydroxylation sites is 1. The fourth-order valence-corrected chi connectivity index (χ4v) is 2.90. The van der Waals surface area contributed by atoms with Gasteiger partial charge in [-0.15, -0.1) is 0 Å². The summed E-state index contributed by atoms with van der Waals surface area (Å²) in [6.45, 7) is 1.90. The highest BCUT2D eigenvalue weighted by molar-refractivity contribution is 6.36. The SMILES string of the molecule is Cc1[nH]c2ccccc2c1/C=C(\C#N)C(=O)Nc1cc(Cl)ccc1Cl. The standard InChI is InChI=1S/C19H13Cl2N3O/c1-11-15(14-4-2-3-5-17(14)23-11)8-12(10-22)19(25)24-18-9-13(20)6-7-16(18)21/h2-9,23H,1H3,(H,24,25)/b12-8+. The smallest absolute Gasteiger partial charge is 0.266 e. The van der Waals surface area contributed by atoms with E-state index < -0.39 is 5.91 Å². The summed E-state index contributed by atoms with van der Waals surface area (Å²) in [7, 11) is 0. The van der Waals surface area contributed by atoms with Crippen molar-refractivity contribution in [3.8, 4) is 6.07 Å². The van der Waals surface area contributed by atoms with Crippen LogP contribution in [-0.4, -0.2) is 10.9 Å². The Balaban J connectivity index is 1.97. The van der Waals surface area contributed by atoms with Gasteiger partial charge >= 0.3 is 0 Å². The van der Waals surface area contributed by atoms with Gasteiger partial charge in [-0.2, -0.15) is 5.26 Å². The highest BCUT2D eigenvalue weighted by Crippen LogP contribution is 2.27. The molecule has 0 aliphatic heterocycles. The van der Waals surface area contributed by atoms with Gasteiger partial charge in [0, 0.05) is 27.2 Å². The molecule has 0 saturated carbocycles. The summed E-state index contributed by atoms with van der Waals surface area (Å²) in [5, 5.41) is 13.8. The van der Waals surface area contributed by atoms with Crippen molar-refractivity contribution in [2.24, 2.45) is 0 Å². The fourth-order valence-electron chi connectivity index (χ4n) is 2.56. The van der Waals surface area contributed by atoms with E-state index in [1.54, 1.807) is 18.2 Å². The number of halogens is 2. The Morgan fingerprint density at radius 3 is 2.76 bits per heavy atom. The van der Waals surface area contributed by atoms with Gasteiger partial charge < -0.3 is 10.3 Å². The third-order valence-corrected chi connectivity index (χ3v) is 4.34. The van der Waals surface area contributed by atoms with Gasteiger partial charge in [0.15, 0.2) is 0 Å². The molecule has 0 aliphatic rings. The molecule has 1 heterocycles. The monoisotopic (exact) mass is 369 g/mol. The van der Waals surface area contributed by atoms with Crippen LogP contribution in [0.2, 0.25) is 10.0 Å².